The first kappa shape index (κ1) is 13.0. The fraction of sp³-hybridized carbons (Fsp3) is 0.389. The number of rotatable bonds is 2. The average molecular weight is 306 g/mol. The van der Waals surface area contributed by atoms with E-state index >= 15 is 0 Å². The Labute approximate surface area is 133 Å². The van der Waals surface area contributed by atoms with Crippen LogP contribution in [0.4, 0.5) is 0 Å². The minimum Gasteiger partial charge on any atom is -0.364 e. The molecule has 116 valence electrons. The number of nitrogens with one attached hydrogen (secondary N) is 1. The van der Waals surface area contributed by atoms with Gasteiger partial charge in [-0.15, -0.1) is 0 Å². The molecular formula is C18H18N4O. The molecule has 1 unspecified atom stereocenters. The zero-order valence-electron chi connectivity index (χ0n) is 12.8. The van der Waals surface area contributed by atoms with Crippen LogP contribution in [0.3, 0.4) is 0 Å². The van der Waals surface area contributed by atoms with Crippen LogP contribution < -0.4 is 0 Å². The highest BCUT2D eigenvalue weighted by Crippen LogP contribution is 2.37. The van der Waals surface area contributed by atoms with Crippen LogP contribution in [-0.2, 0) is 4.79 Å². The summed E-state index contributed by atoms with van der Waals surface area (Å²) < 4.78 is 0. The van der Waals surface area contributed by atoms with Crippen LogP contribution >= 0.6 is 0 Å². The molecule has 1 N–H and O–H groups in total. The van der Waals surface area contributed by atoms with Crippen LogP contribution in [0.15, 0.2) is 30.7 Å². The molecule has 23 heavy (non-hydrogen) atoms. The summed E-state index contributed by atoms with van der Waals surface area (Å²) in [4.78, 5) is 26.6. The Kier molecular flexibility index (Phi) is 2.71. The third-order valence-electron chi connectivity index (χ3n) is 5.17. The monoisotopic (exact) mass is 306 g/mol. The number of amides is 1. The van der Waals surface area contributed by atoms with Gasteiger partial charge < -0.3 is 9.88 Å². The quantitative estimate of drug-likeness (QED) is 0.792. The Bertz CT molecular complexity index is 912. The maximum atomic E-state index is 12.3. The van der Waals surface area contributed by atoms with Crippen molar-refractivity contribution in [2.75, 3.05) is 13.1 Å². The van der Waals surface area contributed by atoms with Crippen LogP contribution in [0.25, 0.3) is 21.8 Å². The molecule has 1 saturated heterocycles. The van der Waals surface area contributed by atoms with Crippen molar-refractivity contribution in [2.45, 2.75) is 25.2 Å². The van der Waals surface area contributed by atoms with E-state index in [9.17, 15) is 4.79 Å². The summed E-state index contributed by atoms with van der Waals surface area (Å²) in [6.07, 6.45) is 8.85. The predicted molar refractivity (Wildman–Crippen MR) is 88.1 cm³/mol. The number of pyridine rings is 2. The van der Waals surface area contributed by atoms with Crippen LogP contribution in [0.2, 0.25) is 0 Å². The molecule has 1 amide bonds. The number of aromatic nitrogens is 3. The number of fused-ring (bicyclic) bond motifs is 3. The lowest BCUT2D eigenvalue weighted by molar-refractivity contribution is -0.131. The molecule has 0 aromatic carbocycles. The maximum absolute atomic E-state index is 12.3. The zero-order chi connectivity index (χ0) is 15.4. The second kappa shape index (κ2) is 4.78. The van der Waals surface area contributed by atoms with Crippen molar-refractivity contribution in [1.82, 2.24) is 19.9 Å². The summed E-state index contributed by atoms with van der Waals surface area (Å²) in [5.41, 5.74) is 2.01. The van der Waals surface area contributed by atoms with Crippen molar-refractivity contribution in [3.63, 3.8) is 0 Å². The lowest BCUT2D eigenvalue weighted by Crippen LogP contribution is -2.29. The van der Waals surface area contributed by atoms with E-state index in [4.69, 9.17) is 0 Å². The van der Waals surface area contributed by atoms with E-state index in [0.29, 0.717) is 17.7 Å². The van der Waals surface area contributed by atoms with E-state index in [2.05, 4.69) is 25.9 Å². The van der Waals surface area contributed by atoms with E-state index < -0.39 is 0 Å². The predicted octanol–water partition coefficient (Wildman–Crippen LogP) is 2.84. The smallest absolute Gasteiger partial charge is 0.225 e. The summed E-state index contributed by atoms with van der Waals surface area (Å²) >= 11 is 0. The van der Waals surface area contributed by atoms with E-state index in [0.717, 1.165) is 48.8 Å². The molecule has 0 bridgehead atoms. The lowest BCUT2D eigenvalue weighted by Gasteiger charge is -2.17. The van der Waals surface area contributed by atoms with Crippen molar-refractivity contribution in [3.8, 4) is 0 Å². The second-order valence-corrected chi connectivity index (χ2v) is 6.71. The Morgan fingerprint density at radius 2 is 2.13 bits per heavy atom. The van der Waals surface area contributed by atoms with Crippen LogP contribution in [0.5, 0.6) is 0 Å². The van der Waals surface area contributed by atoms with Gasteiger partial charge in [-0.05, 0) is 31.4 Å². The molecule has 5 nitrogen and oxygen atoms in total. The first-order valence-electron chi connectivity index (χ1n) is 8.31. The number of H-pyrrole nitrogens is 1. The molecule has 2 aliphatic rings. The zero-order valence-corrected chi connectivity index (χ0v) is 12.8. The summed E-state index contributed by atoms with van der Waals surface area (Å²) in [6.45, 7) is 1.70. The van der Waals surface area contributed by atoms with E-state index in [1.54, 1.807) is 0 Å². The topological polar surface area (TPSA) is 61.9 Å². The molecule has 5 heteroatoms. The van der Waals surface area contributed by atoms with Gasteiger partial charge in [-0.3, -0.25) is 4.79 Å². The minimum atomic E-state index is 0.306. The standard InChI is InChI=1S/C18H18N4O/c23-18(11-1-2-11)22-8-5-13(10-22)16-15-12(3-6-19-16)9-21-17-14(15)4-7-20-17/h3-4,6-7,9,11,13,19H,1-2,5,8,10H2. The number of aromatic amines is 1. The Morgan fingerprint density at radius 1 is 1.22 bits per heavy atom. The molecule has 5 rings (SSSR count). The summed E-state index contributed by atoms with van der Waals surface area (Å²) in [6, 6.07) is 4.09. The molecule has 1 saturated carbocycles. The van der Waals surface area contributed by atoms with E-state index in [1.165, 1.54) is 11.1 Å². The van der Waals surface area contributed by atoms with Gasteiger partial charge in [-0.1, -0.05) is 0 Å². The van der Waals surface area contributed by atoms with Crippen LogP contribution in [-0.4, -0.2) is 38.8 Å². The van der Waals surface area contributed by atoms with E-state index in [1.807, 2.05) is 24.7 Å². The average Bonchev–Trinajstić information content (AvgIpc) is 3.12. The van der Waals surface area contributed by atoms with Crippen LogP contribution in [0, 0.1) is 5.92 Å². The van der Waals surface area contributed by atoms with Gasteiger partial charge in [0.15, 0.2) is 5.65 Å². The molecule has 0 spiro atoms. The summed E-state index contributed by atoms with van der Waals surface area (Å²) in [5, 5.41) is 3.44. The molecule has 2 fully saturated rings. The molecule has 4 heterocycles. The molecule has 1 aliphatic carbocycles. The minimum absolute atomic E-state index is 0.306. The van der Waals surface area contributed by atoms with Crippen molar-refractivity contribution in [1.29, 1.82) is 0 Å². The fourth-order valence-electron chi connectivity index (χ4n) is 3.80. The third-order valence-corrected chi connectivity index (χ3v) is 5.17. The molecular weight excluding hydrogens is 288 g/mol. The lowest BCUT2D eigenvalue weighted by atomic mass is 9.97. The first-order chi connectivity index (χ1) is 11.3. The first-order valence-corrected chi connectivity index (χ1v) is 8.31. The fourth-order valence-corrected chi connectivity index (χ4v) is 3.80. The highest BCUT2D eigenvalue weighted by atomic mass is 16.2. The second-order valence-electron chi connectivity index (χ2n) is 6.71. The van der Waals surface area contributed by atoms with Crippen LogP contribution in [0.1, 0.15) is 30.9 Å². The van der Waals surface area contributed by atoms with Gasteiger partial charge >= 0.3 is 0 Å². The molecule has 0 radical (unpaired) electrons. The molecule has 1 atom stereocenters. The maximum Gasteiger partial charge on any atom is 0.225 e. The van der Waals surface area contributed by atoms with Gasteiger partial charge in [-0.2, -0.15) is 0 Å². The summed E-state index contributed by atoms with van der Waals surface area (Å²) in [5.74, 6) is 1.02. The number of nitrogens with zero attached hydrogens (tertiary/aromatic N) is 3. The highest BCUT2D eigenvalue weighted by Gasteiger charge is 2.37. The number of hydrogen-bond acceptors (Lipinski definition) is 3. The largest absolute Gasteiger partial charge is 0.364 e. The van der Waals surface area contributed by atoms with E-state index in [-0.39, 0.29) is 0 Å². The molecule has 3 aromatic heterocycles. The highest BCUT2D eigenvalue weighted by molar-refractivity contribution is 6.06. The number of carbonyl (C=O) groups is 1. The molecule has 1 aliphatic heterocycles. The van der Waals surface area contributed by atoms with Gasteiger partial charge in [0.05, 0.1) is 0 Å². The van der Waals surface area contributed by atoms with Crippen molar-refractivity contribution >= 4 is 27.7 Å². The Balaban J connectivity index is 1.57. The van der Waals surface area contributed by atoms with Gasteiger partial charge in [0.1, 0.15) is 0 Å². The van der Waals surface area contributed by atoms with Crippen molar-refractivity contribution in [2.24, 2.45) is 5.92 Å². The third kappa shape index (κ3) is 2.03. The van der Waals surface area contributed by atoms with Crippen molar-refractivity contribution < 1.29 is 4.79 Å². The van der Waals surface area contributed by atoms with Gasteiger partial charge in [0.25, 0.3) is 0 Å². The number of carbonyl (C=O) groups excluding carboxylic acids is 1. The Hall–Kier alpha value is -2.43. The number of likely N-dealkylation sites (tertiary alicyclic amines) is 1. The Morgan fingerprint density at radius 3 is 3.00 bits per heavy atom. The van der Waals surface area contributed by atoms with Gasteiger partial charge in [0.2, 0.25) is 5.91 Å². The molecule has 3 aromatic rings. The normalized spacial score (nSPS) is 21.4. The summed E-state index contributed by atoms with van der Waals surface area (Å²) in [7, 11) is 0. The van der Waals surface area contributed by atoms with Gasteiger partial charge in [-0.25, -0.2) is 9.97 Å². The van der Waals surface area contributed by atoms with Gasteiger partial charge in [0, 0.05) is 65.4 Å². The SMILES string of the molecule is O=C(C1CC1)N1CCC(c2[nH]ccc3cnc4nccc4c23)C1. The van der Waals surface area contributed by atoms with Crippen molar-refractivity contribution in [3.05, 3.63) is 36.4 Å². The number of hydrogen-bond donors (Lipinski definition) is 1.